The monoisotopic (exact) mass is 334 g/mol. The summed E-state index contributed by atoms with van der Waals surface area (Å²) in [7, 11) is 0. The van der Waals surface area contributed by atoms with Crippen LogP contribution in [0, 0.1) is 0 Å². The molecule has 25 heavy (non-hydrogen) atoms. The number of phenolic OH excluding ortho intramolecular Hbond substituents is 1. The van der Waals surface area contributed by atoms with E-state index in [4.69, 9.17) is 0 Å². The fraction of sp³-hybridized carbons (Fsp3) is 0.238. The maximum atomic E-state index is 12.9. The van der Waals surface area contributed by atoms with Crippen molar-refractivity contribution in [3.05, 3.63) is 66.5 Å². The lowest BCUT2D eigenvalue weighted by Crippen LogP contribution is -2.21. The number of hydrogen-bond acceptors (Lipinski definition) is 3. The lowest BCUT2D eigenvalue weighted by Gasteiger charge is -2.17. The summed E-state index contributed by atoms with van der Waals surface area (Å²) in [5.41, 5.74) is 1.71. The molecule has 0 aliphatic rings. The molecular formula is C21H22N2O2. The molecule has 4 nitrogen and oxygen atoms in total. The van der Waals surface area contributed by atoms with Crippen LogP contribution in [0.15, 0.2) is 60.9 Å². The van der Waals surface area contributed by atoms with Crippen molar-refractivity contribution in [3.63, 3.8) is 0 Å². The maximum Gasteiger partial charge on any atom is 0.231 e. The van der Waals surface area contributed by atoms with Gasteiger partial charge in [-0.05, 0) is 47.7 Å². The number of carbonyl (C=O) groups excluding carboxylic acids is 1. The minimum atomic E-state index is -0.228. The first-order valence-corrected chi connectivity index (χ1v) is 8.61. The second kappa shape index (κ2) is 7.79. The Balaban J connectivity index is 1.81. The minimum Gasteiger partial charge on any atom is -0.508 e. The van der Waals surface area contributed by atoms with E-state index in [0.29, 0.717) is 0 Å². The molecule has 1 aromatic heterocycles. The molecular weight excluding hydrogens is 312 g/mol. The number of carbonyl (C=O) groups is 1. The molecule has 2 N–H and O–H groups in total. The standard InChI is InChI=1S/C21H22N2O2/c1-2-3-4-20(15-6-9-19(24)10-7-15)21(25)23-18-8-5-17-14-22-12-11-16(17)13-18/h5-14,20,24H,2-4H2,1H3,(H,23,25). The van der Waals surface area contributed by atoms with Gasteiger partial charge in [0.1, 0.15) is 5.75 Å². The molecule has 0 aliphatic carbocycles. The number of nitrogens with zero attached hydrogens (tertiary/aromatic N) is 1. The first-order valence-electron chi connectivity index (χ1n) is 8.61. The quantitative estimate of drug-likeness (QED) is 0.677. The van der Waals surface area contributed by atoms with Crippen molar-refractivity contribution in [1.82, 2.24) is 4.98 Å². The predicted molar refractivity (Wildman–Crippen MR) is 101 cm³/mol. The van der Waals surface area contributed by atoms with Gasteiger partial charge in [-0.25, -0.2) is 0 Å². The summed E-state index contributed by atoms with van der Waals surface area (Å²) < 4.78 is 0. The van der Waals surface area contributed by atoms with Crippen LogP contribution in [0.1, 0.15) is 37.7 Å². The van der Waals surface area contributed by atoms with Crippen LogP contribution in [-0.4, -0.2) is 16.0 Å². The second-order valence-corrected chi connectivity index (χ2v) is 6.21. The Bertz CT molecular complexity index is 859. The van der Waals surface area contributed by atoms with Gasteiger partial charge in [0.15, 0.2) is 0 Å². The van der Waals surface area contributed by atoms with Gasteiger partial charge in [0, 0.05) is 23.5 Å². The molecule has 1 amide bonds. The summed E-state index contributed by atoms with van der Waals surface area (Å²) in [6.45, 7) is 2.11. The molecule has 3 aromatic rings. The fourth-order valence-electron chi connectivity index (χ4n) is 2.95. The smallest absolute Gasteiger partial charge is 0.231 e. The molecule has 2 aromatic carbocycles. The Labute approximate surface area is 147 Å². The number of aromatic nitrogens is 1. The SMILES string of the molecule is CCCCC(C(=O)Nc1ccc2cnccc2c1)c1ccc(O)cc1. The average Bonchev–Trinajstić information content (AvgIpc) is 2.63. The molecule has 0 spiro atoms. The summed E-state index contributed by atoms with van der Waals surface area (Å²) in [5.74, 6) is -0.0391. The largest absolute Gasteiger partial charge is 0.508 e. The van der Waals surface area contributed by atoms with Gasteiger partial charge < -0.3 is 10.4 Å². The van der Waals surface area contributed by atoms with E-state index in [1.807, 2.05) is 36.4 Å². The van der Waals surface area contributed by atoms with Crippen molar-refractivity contribution in [2.45, 2.75) is 32.1 Å². The van der Waals surface area contributed by atoms with E-state index in [0.717, 1.165) is 41.3 Å². The zero-order chi connectivity index (χ0) is 17.6. The van der Waals surface area contributed by atoms with Crippen molar-refractivity contribution >= 4 is 22.4 Å². The van der Waals surface area contributed by atoms with Gasteiger partial charge in [-0.1, -0.05) is 38.0 Å². The first kappa shape index (κ1) is 17.0. The lowest BCUT2D eigenvalue weighted by atomic mass is 9.92. The zero-order valence-corrected chi connectivity index (χ0v) is 14.3. The number of anilines is 1. The van der Waals surface area contributed by atoms with Gasteiger partial charge >= 0.3 is 0 Å². The normalized spacial score (nSPS) is 12.0. The van der Waals surface area contributed by atoms with Gasteiger partial charge in [-0.15, -0.1) is 0 Å². The number of fused-ring (bicyclic) bond motifs is 1. The highest BCUT2D eigenvalue weighted by atomic mass is 16.3. The van der Waals surface area contributed by atoms with Crippen molar-refractivity contribution in [2.24, 2.45) is 0 Å². The summed E-state index contributed by atoms with van der Waals surface area (Å²) in [6.07, 6.45) is 6.34. The first-order chi connectivity index (χ1) is 12.2. The van der Waals surface area contributed by atoms with Gasteiger partial charge in [0.25, 0.3) is 0 Å². The van der Waals surface area contributed by atoms with E-state index in [9.17, 15) is 9.90 Å². The lowest BCUT2D eigenvalue weighted by molar-refractivity contribution is -0.117. The molecule has 1 unspecified atom stereocenters. The van der Waals surface area contributed by atoms with E-state index in [1.165, 1.54) is 0 Å². The third-order valence-electron chi connectivity index (χ3n) is 4.37. The van der Waals surface area contributed by atoms with Gasteiger partial charge in [0.05, 0.1) is 5.92 Å². The number of amides is 1. The predicted octanol–water partition coefficient (Wildman–Crippen LogP) is 4.85. The molecule has 0 aliphatic heterocycles. The fourth-order valence-corrected chi connectivity index (χ4v) is 2.95. The molecule has 0 saturated carbocycles. The third-order valence-corrected chi connectivity index (χ3v) is 4.37. The van der Waals surface area contributed by atoms with E-state index in [-0.39, 0.29) is 17.6 Å². The molecule has 0 radical (unpaired) electrons. The molecule has 128 valence electrons. The number of rotatable bonds is 6. The number of benzene rings is 2. The van der Waals surface area contributed by atoms with Crippen LogP contribution in [-0.2, 0) is 4.79 Å². The number of aromatic hydroxyl groups is 1. The Hall–Kier alpha value is -2.88. The highest BCUT2D eigenvalue weighted by Gasteiger charge is 2.20. The summed E-state index contributed by atoms with van der Waals surface area (Å²) >= 11 is 0. The molecule has 1 heterocycles. The summed E-state index contributed by atoms with van der Waals surface area (Å²) in [4.78, 5) is 17.0. The van der Waals surface area contributed by atoms with E-state index in [2.05, 4.69) is 17.2 Å². The van der Waals surface area contributed by atoms with E-state index >= 15 is 0 Å². The molecule has 0 fully saturated rings. The van der Waals surface area contributed by atoms with Crippen molar-refractivity contribution < 1.29 is 9.90 Å². The number of unbranched alkanes of at least 4 members (excludes halogenated alkanes) is 1. The molecule has 4 heteroatoms. The molecule has 3 rings (SSSR count). The van der Waals surface area contributed by atoms with Crippen LogP contribution in [0.5, 0.6) is 5.75 Å². The summed E-state index contributed by atoms with van der Waals surface area (Å²) in [5, 5.41) is 14.6. The zero-order valence-electron chi connectivity index (χ0n) is 14.3. The van der Waals surface area contributed by atoms with Crippen molar-refractivity contribution in [1.29, 1.82) is 0 Å². The van der Waals surface area contributed by atoms with Gasteiger partial charge in [-0.2, -0.15) is 0 Å². The Morgan fingerprint density at radius 1 is 1.12 bits per heavy atom. The summed E-state index contributed by atoms with van der Waals surface area (Å²) in [6, 6.07) is 14.6. The molecule has 0 bridgehead atoms. The van der Waals surface area contributed by atoms with Crippen LogP contribution >= 0.6 is 0 Å². The van der Waals surface area contributed by atoms with Gasteiger partial charge in [0.2, 0.25) is 5.91 Å². The van der Waals surface area contributed by atoms with E-state index < -0.39 is 0 Å². The van der Waals surface area contributed by atoms with Crippen LogP contribution in [0.4, 0.5) is 5.69 Å². The highest BCUT2D eigenvalue weighted by Crippen LogP contribution is 2.26. The third kappa shape index (κ3) is 4.15. The number of pyridine rings is 1. The number of nitrogens with one attached hydrogen (secondary N) is 1. The second-order valence-electron chi connectivity index (χ2n) is 6.21. The Morgan fingerprint density at radius 2 is 1.92 bits per heavy atom. The van der Waals surface area contributed by atoms with Crippen molar-refractivity contribution in [2.75, 3.05) is 5.32 Å². The topological polar surface area (TPSA) is 62.2 Å². The van der Waals surface area contributed by atoms with Gasteiger partial charge in [-0.3, -0.25) is 9.78 Å². The Kier molecular flexibility index (Phi) is 5.29. The maximum absolute atomic E-state index is 12.9. The minimum absolute atomic E-state index is 0.0208. The van der Waals surface area contributed by atoms with Crippen LogP contribution in [0.2, 0.25) is 0 Å². The van der Waals surface area contributed by atoms with Crippen LogP contribution in [0.25, 0.3) is 10.8 Å². The molecule has 0 saturated heterocycles. The van der Waals surface area contributed by atoms with Crippen LogP contribution < -0.4 is 5.32 Å². The average molecular weight is 334 g/mol. The van der Waals surface area contributed by atoms with Crippen molar-refractivity contribution in [3.8, 4) is 5.75 Å². The Morgan fingerprint density at radius 3 is 2.68 bits per heavy atom. The number of hydrogen-bond donors (Lipinski definition) is 2. The van der Waals surface area contributed by atoms with E-state index in [1.54, 1.807) is 24.5 Å². The number of phenols is 1. The highest BCUT2D eigenvalue weighted by molar-refractivity contribution is 5.97. The van der Waals surface area contributed by atoms with Crippen LogP contribution in [0.3, 0.4) is 0 Å². The molecule has 1 atom stereocenters.